The van der Waals surface area contributed by atoms with Crippen molar-refractivity contribution < 1.29 is 9.84 Å². The number of hydrogen-bond acceptors (Lipinski definition) is 3. The molecule has 84 valence electrons. The Morgan fingerprint density at radius 3 is 2.41 bits per heavy atom. The molecule has 0 atom stereocenters. The van der Waals surface area contributed by atoms with Crippen molar-refractivity contribution in [3.8, 4) is 17.6 Å². The molecule has 2 aromatic rings. The molecule has 0 saturated heterocycles. The van der Waals surface area contributed by atoms with Crippen LogP contribution in [-0.2, 0) is 6.61 Å². The number of nitrogens with zero attached hydrogens (tertiary/aromatic N) is 1. The highest BCUT2D eigenvalue weighted by Gasteiger charge is 2.00. The second-order valence-corrected chi connectivity index (χ2v) is 3.57. The number of ether oxygens (including phenoxy) is 1. The Labute approximate surface area is 99.5 Å². The lowest BCUT2D eigenvalue weighted by Gasteiger charge is -2.07. The second kappa shape index (κ2) is 5.04. The van der Waals surface area contributed by atoms with E-state index in [1.54, 1.807) is 36.4 Å². The summed E-state index contributed by atoms with van der Waals surface area (Å²) >= 11 is 0. The number of nitriles is 1. The lowest BCUT2D eigenvalue weighted by Crippen LogP contribution is -1.95. The van der Waals surface area contributed by atoms with E-state index in [9.17, 15) is 5.11 Å². The molecule has 0 aliphatic rings. The Morgan fingerprint density at radius 2 is 1.76 bits per heavy atom. The molecule has 1 N–H and O–H groups in total. The van der Waals surface area contributed by atoms with Gasteiger partial charge in [0.25, 0.3) is 0 Å². The molecule has 2 rings (SSSR count). The van der Waals surface area contributed by atoms with Crippen LogP contribution in [0.3, 0.4) is 0 Å². The summed E-state index contributed by atoms with van der Waals surface area (Å²) in [6, 6.07) is 16.0. The smallest absolute Gasteiger partial charge is 0.161 e. The molecule has 0 spiro atoms. The fraction of sp³-hybridized carbons (Fsp3) is 0.0714. The van der Waals surface area contributed by atoms with E-state index in [0.29, 0.717) is 17.9 Å². The summed E-state index contributed by atoms with van der Waals surface area (Å²) < 4.78 is 5.46. The highest BCUT2D eigenvalue weighted by molar-refractivity contribution is 5.38. The van der Waals surface area contributed by atoms with E-state index in [-0.39, 0.29) is 5.75 Å². The molecule has 3 nitrogen and oxygen atoms in total. The number of aromatic hydroxyl groups is 1. The number of phenols is 1. The lowest BCUT2D eigenvalue weighted by molar-refractivity contribution is 0.289. The zero-order valence-corrected chi connectivity index (χ0v) is 9.13. The first-order valence-electron chi connectivity index (χ1n) is 5.19. The molecule has 0 fully saturated rings. The molecule has 0 radical (unpaired) electrons. The summed E-state index contributed by atoms with van der Waals surface area (Å²) in [5.41, 5.74) is 1.57. The second-order valence-electron chi connectivity index (χ2n) is 3.57. The maximum atomic E-state index is 9.50. The number of hydrogen-bond donors (Lipinski definition) is 1. The Morgan fingerprint density at radius 1 is 1.06 bits per heavy atom. The molecular weight excluding hydrogens is 214 g/mol. The molecule has 0 unspecified atom stereocenters. The van der Waals surface area contributed by atoms with Crippen LogP contribution in [-0.4, -0.2) is 5.11 Å². The molecule has 0 saturated carbocycles. The van der Waals surface area contributed by atoms with E-state index < -0.39 is 0 Å². The summed E-state index contributed by atoms with van der Waals surface area (Å²) in [7, 11) is 0. The Hall–Kier alpha value is -2.47. The van der Waals surface area contributed by atoms with Gasteiger partial charge >= 0.3 is 0 Å². The largest absolute Gasteiger partial charge is 0.504 e. The third kappa shape index (κ3) is 2.76. The Kier molecular flexibility index (Phi) is 3.27. The van der Waals surface area contributed by atoms with Crippen molar-refractivity contribution in [3.05, 3.63) is 59.7 Å². The molecule has 3 heteroatoms. The molecule has 17 heavy (non-hydrogen) atoms. The van der Waals surface area contributed by atoms with Crippen LogP contribution >= 0.6 is 0 Å². The molecular formula is C14H11NO2. The Balaban J connectivity index is 2.03. The maximum absolute atomic E-state index is 9.50. The quantitative estimate of drug-likeness (QED) is 0.873. The molecule has 0 aliphatic heterocycles. The monoisotopic (exact) mass is 225 g/mol. The molecule has 2 aromatic carbocycles. The molecule has 0 bridgehead atoms. The first kappa shape index (κ1) is 11.0. The number of benzene rings is 2. The summed E-state index contributed by atoms with van der Waals surface area (Å²) in [4.78, 5) is 0. The van der Waals surface area contributed by atoms with E-state index in [2.05, 4.69) is 6.07 Å². The van der Waals surface area contributed by atoms with Crippen LogP contribution in [0.15, 0.2) is 48.5 Å². The van der Waals surface area contributed by atoms with Crippen LogP contribution in [0.25, 0.3) is 0 Å². The molecule has 0 heterocycles. The van der Waals surface area contributed by atoms with Gasteiger partial charge in [0, 0.05) is 0 Å². The fourth-order valence-corrected chi connectivity index (χ4v) is 1.42. The minimum atomic E-state index is 0.126. The van der Waals surface area contributed by atoms with Crippen molar-refractivity contribution in [2.24, 2.45) is 0 Å². The number of para-hydroxylation sites is 2. The maximum Gasteiger partial charge on any atom is 0.161 e. The predicted molar refractivity (Wildman–Crippen MR) is 63.6 cm³/mol. The normalized spacial score (nSPS) is 9.59. The lowest BCUT2D eigenvalue weighted by atomic mass is 10.2. The van der Waals surface area contributed by atoms with E-state index >= 15 is 0 Å². The van der Waals surface area contributed by atoms with Crippen LogP contribution in [0.4, 0.5) is 0 Å². The van der Waals surface area contributed by atoms with Gasteiger partial charge < -0.3 is 9.84 Å². The van der Waals surface area contributed by atoms with Gasteiger partial charge in [-0.25, -0.2) is 0 Å². The summed E-state index contributed by atoms with van der Waals surface area (Å²) in [6.07, 6.45) is 0. The minimum absolute atomic E-state index is 0.126. The summed E-state index contributed by atoms with van der Waals surface area (Å²) in [6.45, 7) is 0.364. The topological polar surface area (TPSA) is 53.2 Å². The highest BCUT2D eigenvalue weighted by atomic mass is 16.5. The van der Waals surface area contributed by atoms with E-state index in [1.165, 1.54) is 0 Å². The van der Waals surface area contributed by atoms with Gasteiger partial charge in [-0.15, -0.1) is 0 Å². The van der Waals surface area contributed by atoms with Gasteiger partial charge in [0.05, 0.1) is 11.6 Å². The van der Waals surface area contributed by atoms with Gasteiger partial charge in [0.1, 0.15) is 6.61 Å². The van der Waals surface area contributed by atoms with Crippen molar-refractivity contribution in [2.75, 3.05) is 0 Å². The van der Waals surface area contributed by atoms with Crippen LogP contribution in [0.2, 0.25) is 0 Å². The van der Waals surface area contributed by atoms with Gasteiger partial charge in [0.15, 0.2) is 11.5 Å². The standard InChI is InChI=1S/C14H11NO2/c15-9-11-5-7-12(8-6-11)10-17-14-4-2-1-3-13(14)16/h1-8,16H,10H2. The van der Waals surface area contributed by atoms with Gasteiger partial charge in [-0.1, -0.05) is 24.3 Å². The summed E-state index contributed by atoms with van der Waals surface area (Å²) in [5, 5.41) is 18.2. The highest BCUT2D eigenvalue weighted by Crippen LogP contribution is 2.25. The predicted octanol–water partition coefficient (Wildman–Crippen LogP) is 2.84. The third-order valence-electron chi connectivity index (χ3n) is 2.34. The van der Waals surface area contributed by atoms with E-state index in [0.717, 1.165) is 5.56 Å². The average molecular weight is 225 g/mol. The van der Waals surface area contributed by atoms with Gasteiger partial charge in [-0.3, -0.25) is 0 Å². The van der Waals surface area contributed by atoms with Crippen LogP contribution in [0.1, 0.15) is 11.1 Å². The third-order valence-corrected chi connectivity index (χ3v) is 2.34. The van der Waals surface area contributed by atoms with Crippen molar-refractivity contribution in [1.29, 1.82) is 5.26 Å². The SMILES string of the molecule is N#Cc1ccc(COc2ccccc2O)cc1. The number of phenolic OH excluding ortho intramolecular Hbond substituents is 1. The fourth-order valence-electron chi connectivity index (χ4n) is 1.42. The van der Waals surface area contributed by atoms with Crippen molar-refractivity contribution in [1.82, 2.24) is 0 Å². The number of rotatable bonds is 3. The van der Waals surface area contributed by atoms with Crippen LogP contribution < -0.4 is 4.74 Å². The van der Waals surface area contributed by atoms with Crippen LogP contribution in [0, 0.1) is 11.3 Å². The van der Waals surface area contributed by atoms with Crippen molar-refractivity contribution >= 4 is 0 Å². The van der Waals surface area contributed by atoms with Crippen LogP contribution in [0.5, 0.6) is 11.5 Å². The first-order chi connectivity index (χ1) is 8.29. The van der Waals surface area contributed by atoms with Gasteiger partial charge in [0.2, 0.25) is 0 Å². The average Bonchev–Trinajstić information content (AvgIpc) is 2.38. The molecule has 0 aromatic heterocycles. The zero-order valence-electron chi connectivity index (χ0n) is 9.13. The minimum Gasteiger partial charge on any atom is -0.504 e. The van der Waals surface area contributed by atoms with Crippen molar-refractivity contribution in [3.63, 3.8) is 0 Å². The molecule has 0 aliphatic carbocycles. The van der Waals surface area contributed by atoms with E-state index in [4.69, 9.17) is 10.00 Å². The van der Waals surface area contributed by atoms with Gasteiger partial charge in [-0.2, -0.15) is 5.26 Å². The van der Waals surface area contributed by atoms with Gasteiger partial charge in [-0.05, 0) is 29.8 Å². The van der Waals surface area contributed by atoms with Crippen molar-refractivity contribution in [2.45, 2.75) is 6.61 Å². The Bertz CT molecular complexity index is 541. The van der Waals surface area contributed by atoms with E-state index in [1.807, 2.05) is 12.1 Å². The molecule has 0 amide bonds. The first-order valence-corrected chi connectivity index (χ1v) is 5.19. The summed E-state index contributed by atoms with van der Waals surface area (Å²) in [5.74, 6) is 0.581. The zero-order chi connectivity index (χ0) is 12.1.